The van der Waals surface area contributed by atoms with Crippen LogP contribution < -0.4 is 16.9 Å². The maximum Gasteiger partial charge on any atom is 0.269 e. The number of hydrogen-bond donors (Lipinski definition) is 3. The highest BCUT2D eigenvalue weighted by Gasteiger charge is 2.33. The number of nitrogens with one attached hydrogen (secondary N) is 1. The van der Waals surface area contributed by atoms with Gasteiger partial charge in [-0.1, -0.05) is 17.7 Å². The predicted octanol–water partition coefficient (Wildman–Crippen LogP) is 0.321. The molecule has 1 aromatic carbocycles. The first-order valence-electron chi connectivity index (χ1n) is 6.17. The number of benzene rings is 1. The van der Waals surface area contributed by atoms with E-state index in [-0.39, 0.29) is 17.8 Å². The molecule has 0 spiro atoms. The summed E-state index contributed by atoms with van der Waals surface area (Å²) in [6, 6.07) is 7.22. The van der Waals surface area contributed by atoms with Crippen LogP contribution in [0.1, 0.15) is 29.8 Å². The molecule has 0 saturated heterocycles. The zero-order valence-electron chi connectivity index (χ0n) is 11.7. The molecule has 0 unspecified atom stereocenters. The number of carbonyl (C=O) groups excluding carboxylic acids is 1. The van der Waals surface area contributed by atoms with E-state index in [1.54, 1.807) is 26.0 Å². The van der Waals surface area contributed by atoms with Crippen LogP contribution in [-0.2, 0) is 0 Å². The maximum absolute atomic E-state index is 12.2. The Kier molecular flexibility index (Phi) is 3.35. The van der Waals surface area contributed by atoms with Gasteiger partial charge >= 0.3 is 0 Å². The number of rotatable bonds is 2. The predicted molar refractivity (Wildman–Crippen MR) is 77.8 cm³/mol. The maximum atomic E-state index is 12.2. The molecule has 0 bridgehead atoms. The van der Waals surface area contributed by atoms with Gasteiger partial charge in [-0.25, -0.2) is 10.0 Å². The van der Waals surface area contributed by atoms with Crippen LogP contribution in [0, 0.1) is 6.92 Å². The fourth-order valence-corrected chi connectivity index (χ4v) is 1.87. The zero-order chi connectivity index (χ0) is 14.9. The molecule has 0 aliphatic carbocycles. The molecule has 0 atom stereocenters. The van der Waals surface area contributed by atoms with E-state index in [0.717, 1.165) is 5.56 Å². The second-order valence-electron chi connectivity index (χ2n) is 5.08. The van der Waals surface area contributed by atoms with Crippen molar-refractivity contribution in [2.45, 2.75) is 26.4 Å². The molecule has 7 nitrogen and oxygen atoms in total. The number of guanidine groups is 2. The Balaban J connectivity index is 2.19. The third kappa shape index (κ3) is 2.71. The van der Waals surface area contributed by atoms with Gasteiger partial charge in [0.25, 0.3) is 5.91 Å². The van der Waals surface area contributed by atoms with Gasteiger partial charge in [0.2, 0.25) is 11.9 Å². The first-order chi connectivity index (χ1) is 9.29. The van der Waals surface area contributed by atoms with Crippen molar-refractivity contribution in [2.75, 3.05) is 0 Å². The van der Waals surface area contributed by atoms with Gasteiger partial charge in [0.1, 0.15) is 0 Å². The van der Waals surface area contributed by atoms with E-state index in [9.17, 15) is 4.79 Å². The first-order valence-corrected chi connectivity index (χ1v) is 6.17. The number of aryl methyl sites for hydroxylation is 1. The van der Waals surface area contributed by atoms with Crippen LogP contribution in [0.25, 0.3) is 0 Å². The Hall–Kier alpha value is -2.57. The number of hydrogen-bond acceptors (Lipinski definition) is 6. The average molecular weight is 274 g/mol. The van der Waals surface area contributed by atoms with Crippen LogP contribution in [0.4, 0.5) is 0 Å². The summed E-state index contributed by atoms with van der Waals surface area (Å²) in [5.41, 5.74) is 14.9. The topological polar surface area (TPSA) is 109 Å². The summed E-state index contributed by atoms with van der Waals surface area (Å²) in [5.74, 6) is -0.0943. The minimum atomic E-state index is -0.795. The molecule has 0 aromatic heterocycles. The summed E-state index contributed by atoms with van der Waals surface area (Å²) in [7, 11) is 0. The van der Waals surface area contributed by atoms with Crippen LogP contribution in [0.3, 0.4) is 0 Å². The number of hydrazine groups is 1. The van der Waals surface area contributed by atoms with E-state index in [0.29, 0.717) is 5.56 Å². The summed E-state index contributed by atoms with van der Waals surface area (Å²) in [5, 5.41) is 1.39. The average Bonchev–Trinajstić information content (AvgIpc) is 2.33. The molecular formula is C13H18N6O. The summed E-state index contributed by atoms with van der Waals surface area (Å²) in [6.07, 6.45) is 0. The van der Waals surface area contributed by atoms with Gasteiger partial charge in [0, 0.05) is 5.56 Å². The van der Waals surface area contributed by atoms with Crippen molar-refractivity contribution < 1.29 is 4.79 Å². The van der Waals surface area contributed by atoms with Crippen molar-refractivity contribution in [2.24, 2.45) is 21.5 Å². The van der Waals surface area contributed by atoms with Gasteiger partial charge < -0.3 is 11.5 Å². The number of nitrogens with two attached hydrogens (primary N) is 2. The smallest absolute Gasteiger partial charge is 0.269 e. The van der Waals surface area contributed by atoms with Gasteiger partial charge in [-0.05, 0) is 32.9 Å². The summed E-state index contributed by atoms with van der Waals surface area (Å²) in [6.45, 7) is 5.51. The van der Waals surface area contributed by atoms with Crippen molar-refractivity contribution in [1.29, 1.82) is 0 Å². The number of aliphatic imine (C=N–C) groups is 2. The van der Waals surface area contributed by atoms with Gasteiger partial charge in [-0.15, -0.1) is 0 Å². The minimum absolute atomic E-state index is 0.0911. The van der Waals surface area contributed by atoms with Gasteiger partial charge in [0.15, 0.2) is 5.66 Å². The second kappa shape index (κ2) is 4.84. The van der Waals surface area contributed by atoms with Crippen molar-refractivity contribution in [1.82, 2.24) is 10.4 Å². The van der Waals surface area contributed by atoms with Crippen molar-refractivity contribution >= 4 is 17.8 Å². The lowest BCUT2D eigenvalue weighted by Gasteiger charge is -2.37. The largest absolute Gasteiger partial charge is 0.368 e. The first kappa shape index (κ1) is 13.9. The molecule has 1 aliphatic heterocycles. The number of nitrogens with zero attached hydrogens (tertiary/aromatic N) is 3. The van der Waals surface area contributed by atoms with Crippen LogP contribution in [0.2, 0.25) is 0 Å². The second-order valence-corrected chi connectivity index (χ2v) is 5.08. The Morgan fingerprint density at radius 1 is 1.25 bits per heavy atom. The molecule has 7 heteroatoms. The molecule has 2 rings (SSSR count). The minimum Gasteiger partial charge on any atom is -0.368 e. The van der Waals surface area contributed by atoms with Crippen LogP contribution in [-0.4, -0.2) is 28.5 Å². The zero-order valence-corrected chi connectivity index (χ0v) is 11.7. The lowest BCUT2D eigenvalue weighted by Crippen LogP contribution is -2.61. The van der Waals surface area contributed by atoms with E-state index < -0.39 is 5.66 Å². The summed E-state index contributed by atoms with van der Waals surface area (Å²) in [4.78, 5) is 20.2. The summed E-state index contributed by atoms with van der Waals surface area (Å²) < 4.78 is 0. The summed E-state index contributed by atoms with van der Waals surface area (Å²) >= 11 is 0. The molecule has 20 heavy (non-hydrogen) atoms. The third-order valence-corrected chi connectivity index (χ3v) is 2.92. The molecule has 1 amide bonds. The monoisotopic (exact) mass is 274 g/mol. The highest BCUT2D eigenvalue weighted by molar-refractivity contribution is 5.99. The van der Waals surface area contributed by atoms with E-state index in [1.807, 2.05) is 19.1 Å². The molecular weight excluding hydrogens is 256 g/mol. The van der Waals surface area contributed by atoms with Crippen LogP contribution in [0.5, 0.6) is 0 Å². The van der Waals surface area contributed by atoms with Crippen molar-refractivity contribution in [3.63, 3.8) is 0 Å². The van der Waals surface area contributed by atoms with Gasteiger partial charge in [0.05, 0.1) is 0 Å². The van der Waals surface area contributed by atoms with Gasteiger partial charge in [-0.3, -0.25) is 10.2 Å². The molecule has 0 fully saturated rings. The van der Waals surface area contributed by atoms with E-state index >= 15 is 0 Å². The highest BCUT2D eigenvalue weighted by atomic mass is 16.2. The molecule has 1 aliphatic rings. The highest BCUT2D eigenvalue weighted by Crippen LogP contribution is 2.17. The van der Waals surface area contributed by atoms with E-state index in [1.165, 1.54) is 5.01 Å². The van der Waals surface area contributed by atoms with E-state index in [4.69, 9.17) is 11.5 Å². The quantitative estimate of drug-likeness (QED) is 0.721. The third-order valence-electron chi connectivity index (χ3n) is 2.92. The van der Waals surface area contributed by atoms with Crippen molar-refractivity contribution in [3.8, 4) is 0 Å². The van der Waals surface area contributed by atoms with Crippen LogP contribution >= 0.6 is 0 Å². The fourth-order valence-electron chi connectivity index (χ4n) is 1.87. The van der Waals surface area contributed by atoms with E-state index in [2.05, 4.69) is 15.4 Å². The molecule has 0 saturated carbocycles. The Morgan fingerprint density at radius 2 is 1.85 bits per heavy atom. The van der Waals surface area contributed by atoms with Crippen LogP contribution in [0.15, 0.2) is 34.3 Å². The normalized spacial score (nSPS) is 17.2. The number of amides is 1. The van der Waals surface area contributed by atoms with Crippen molar-refractivity contribution in [3.05, 3.63) is 35.4 Å². The standard InChI is InChI=1S/C13H18N6O/c1-8-4-6-9(7-5-8)10(20)18-19-12(15)16-11(14)17-13(19,2)3/h4-7H,1-3H3,(H,18,20)(H4,14,15,16,17). The SMILES string of the molecule is Cc1ccc(C(=O)NN2C(N)=NC(N)=NC2(C)C)cc1. The lowest BCUT2D eigenvalue weighted by molar-refractivity contribution is 0.0752. The Morgan fingerprint density at radius 3 is 2.40 bits per heavy atom. The number of carbonyl (C=O) groups is 1. The van der Waals surface area contributed by atoms with Gasteiger partial charge in [-0.2, -0.15) is 4.99 Å². The fraction of sp³-hybridized carbons (Fsp3) is 0.308. The molecule has 1 aromatic rings. The lowest BCUT2D eigenvalue weighted by atomic mass is 10.1. The molecule has 1 heterocycles. The Bertz CT molecular complexity index is 587. The molecule has 5 N–H and O–H groups in total. The molecule has 0 radical (unpaired) electrons. The molecule has 106 valence electrons. The Labute approximate surface area is 117 Å².